The molecule has 0 bridgehead atoms. The molecule has 0 atom stereocenters. The van der Waals surface area contributed by atoms with E-state index < -0.39 is 0 Å². The lowest BCUT2D eigenvalue weighted by Crippen LogP contribution is -2.04. The minimum atomic E-state index is 0. The molecule has 5 N–H and O–H groups in total. The molecule has 8 nitrogen and oxygen atoms in total. The van der Waals surface area contributed by atoms with E-state index in [1.54, 1.807) is 18.6 Å². The van der Waals surface area contributed by atoms with E-state index in [2.05, 4.69) is 29.5 Å². The van der Waals surface area contributed by atoms with Gasteiger partial charge in [0.05, 0.1) is 11.7 Å². The van der Waals surface area contributed by atoms with Crippen LogP contribution in [-0.2, 0) is 6.54 Å². The number of hydrogen-bond donors (Lipinski definition) is 2. The number of nitrogens with two attached hydrogens (primary N) is 1. The third kappa shape index (κ3) is 2.51. The van der Waals surface area contributed by atoms with Crippen molar-refractivity contribution in [3.8, 4) is 11.5 Å². The van der Waals surface area contributed by atoms with Gasteiger partial charge in [0.1, 0.15) is 11.7 Å². The summed E-state index contributed by atoms with van der Waals surface area (Å²) in [5.41, 5.74) is 8.04. The second-order valence-corrected chi connectivity index (χ2v) is 4.24. The molecular weight excluding hydrogens is 258 g/mol. The summed E-state index contributed by atoms with van der Waals surface area (Å²) < 4.78 is 6.76. The minimum absolute atomic E-state index is 0. The Kier molecular flexibility index (Phi) is 4.38. The summed E-state index contributed by atoms with van der Waals surface area (Å²) in [6.07, 6.45) is 7.03. The van der Waals surface area contributed by atoms with Crippen LogP contribution in [0.3, 0.4) is 0 Å². The molecule has 106 valence electrons. The minimum Gasteiger partial charge on any atom is -0.344 e. The molecule has 0 saturated heterocycles. The van der Waals surface area contributed by atoms with Crippen molar-refractivity contribution < 1.29 is 4.63 Å². The number of hydrogen-bond acceptors (Lipinski definition) is 7. The summed E-state index contributed by atoms with van der Waals surface area (Å²) in [5, 5.41) is 7.49. The van der Waals surface area contributed by atoms with E-state index in [1.807, 2.05) is 6.07 Å². The zero-order valence-corrected chi connectivity index (χ0v) is 11.1. The monoisotopic (exact) mass is 275 g/mol. The molecule has 0 saturated carbocycles. The quantitative estimate of drug-likeness (QED) is 0.672. The lowest BCUT2D eigenvalue weighted by Gasteiger charge is -2.06. The van der Waals surface area contributed by atoms with Crippen LogP contribution in [0, 0.1) is 0 Å². The highest BCUT2D eigenvalue weighted by molar-refractivity contribution is 5.78. The molecule has 0 aromatic carbocycles. The maximum absolute atomic E-state index is 5.54. The Morgan fingerprint density at radius 1 is 1.25 bits per heavy atom. The third-order valence-electron chi connectivity index (χ3n) is 2.98. The van der Waals surface area contributed by atoms with Crippen molar-refractivity contribution in [1.82, 2.24) is 31.0 Å². The van der Waals surface area contributed by atoms with Crippen LogP contribution in [-0.4, -0.2) is 31.4 Å². The van der Waals surface area contributed by atoms with Crippen molar-refractivity contribution >= 4 is 11.0 Å². The number of rotatable bonds is 5. The van der Waals surface area contributed by atoms with Crippen LogP contribution in [0.5, 0.6) is 0 Å². The SMILES string of the molecule is N.NCCCCn1c(-c2cnon2)nc2cnccc21. The van der Waals surface area contributed by atoms with Gasteiger partial charge in [-0.3, -0.25) is 4.98 Å². The second-order valence-electron chi connectivity index (χ2n) is 4.24. The van der Waals surface area contributed by atoms with Gasteiger partial charge in [0.15, 0.2) is 11.5 Å². The van der Waals surface area contributed by atoms with E-state index in [0.717, 1.165) is 36.2 Å². The third-order valence-corrected chi connectivity index (χ3v) is 2.98. The molecule has 0 amide bonds. The van der Waals surface area contributed by atoms with Gasteiger partial charge in [-0.05, 0) is 30.6 Å². The molecule has 0 fully saturated rings. The number of pyridine rings is 1. The molecule has 0 aliphatic heterocycles. The normalized spacial score (nSPS) is 10.7. The number of nitrogens with zero attached hydrogens (tertiary/aromatic N) is 5. The van der Waals surface area contributed by atoms with Crippen molar-refractivity contribution in [3.63, 3.8) is 0 Å². The maximum Gasteiger partial charge on any atom is 0.170 e. The molecule has 3 aromatic rings. The van der Waals surface area contributed by atoms with E-state index in [9.17, 15) is 0 Å². The van der Waals surface area contributed by atoms with E-state index in [-0.39, 0.29) is 6.15 Å². The van der Waals surface area contributed by atoms with E-state index in [4.69, 9.17) is 5.73 Å². The molecule has 8 heteroatoms. The number of unbranched alkanes of at least 4 members (excludes halogenated alkanes) is 1. The Bertz CT molecular complexity index is 662. The number of aryl methyl sites for hydroxylation is 1. The van der Waals surface area contributed by atoms with Gasteiger partial charge in [-0.2, -0.15) is 0 Å². The Morgan fingerprint density at radius 3 is 2.90 bits per heavy atom. The zero-order chi connectivity index (χ0) is 13.1. The molecule has 3 rings (SSSR count). The summed E-state index contributed by atoms with van der Waals surface area (Å²) >= 11 is 0. The van der Waals surface area contributed by atoms with Crippen LogP contribution < -0.4 is 11.9 Å². The molecule has 0 aliphatic rings. The first kappa shape index (κ1) is 14.1. The summed E-state index contributed by atoms with van der Waals surface area (Å²) in [6, 6.07) is 1.95. The second kappa shape index (κ2) is 6.22. The molecule has 0 spiro atoms. The molecule has 0 radical (unpaired) electrons. The summed E-state index contributed by atoms with van der Waals surface area (Å²) in [7, 11) is 0. The predicted molar refractivity (Wildman–Crippen MR) is 74.1 cm³/mol. The lowest BCUT2D eigenvalue weighted by molar-refractivity contribution is 0.308. The summed E-state index contributed by atoms with van der Waals surface area (Å²) in [6.45, 7) is 1.52. The van der Waals surface area contributed by atoms with Crippen LogP contribution >= 0.6 is 0 Å². The molecule has 0 aliphatic carbocycles. The first-order valence-corrected chi connectivity index (χ1v) is 6.18. The van der Waals surface area contributed by atoms with E-state index in [1.165, 1.54) is 0 Å². The predicted octanol–water partition coefficient (Wildman–Crippen LogP) is 1.38. The Morgan fingerprint density at radius 2 is 2.15 bits per heavy atom. The average Bonchev–Trinajstić information content (AvgIpc) is 3.06. The first-order valence-electron chi connectivity index (χ1n) is 6.18. The highest BCUT2D eigenvalue weighted by Crippen LogP contribution is 2.22. The fourth-order valence-electron chi connectivity index (χ4n) is 2.08. The topological polar surface area (TPSA) is 131 Å². The molecule has 3 aromatic heterocycles. The molecule has 20 heavy (non-hydrogen) atoms. The first-order chi connectivity index (χ1) is 9.40. The van der Waals surface area contributed by atoms with Crippen LogP contribution in [0.15, 0.2) is 29.3 Å². The lowest BCUT2D eigenvalue weighted by atomic mass is 10.3. The van der Waals surface area contributed by atoms with E-state index >= 15 is 0 Å². The van der Waals surface area contributed by atoms with Crippen molar-refractivity contribution in [2.45, 2.75) is 19.4 Å². The smallest absolute Gasteiger partial charge is 0.170 e. The van der Waals surface area contributed by atoms with Crippen molar-refractivity contribution in [2.75, 3.05) is 6.54 Å². The van der Waals surface area contributed by atoms with Crippen LogP contribution in [0.4, 0.5) is 0 Å². The zero-order valence-electron chi connectivity index (χ0n) is 11.1. The fourth-order valence-corrected chi connectivity index (χ4v) is 2.08. The largest absolute Gasteiger partial charge is 0.344 e. The van der Waals surface area contributed by atoms with Gasteiger partial charge in [0, 0.05) is 12.7 Å². The van der Waals surface area contributed by atoms with Crippen molar-refractivity contribution in [2.24, 2.45) is 5.73 Å². The number of fused-ring (bicyclic) bond motifs is 1. The van der Waals surface area contributed by atoms with Gasteiger partial charge in [-0.15, -0.1) is 0 Å². The van der Waals surface area contributed by atoms with Gasteiger partial charge < -0.3 is 16.5 Å². The van der Waals surface area contributed by atoms with Crippen LogP contribution in [0.2, 0.25) is 0 Å². The fraction of sp³-hybridized carbons (Fsp3) is 0.333. The standard InChI is InChI=1S/C12H14N6O.H3N/c13-4-1-2-6-18-11-3-5-14-7-9(11)16-12(18)10-8-15-19-17-10;/h3,5,7-8H,1-2,4,6,13H2;1H3. The highest BCUT2D eigenvalue weighted by Gasteiger charge is 2.14. The molecule has 3 heterocycles. The Hall–Kier alpha value is -2.32. The number of imidazole rings is 1. The maximum atomic E-state index is 5.54. The summed E-state index contributed by atoms with van der Waals surface area (Å²) in [5.74, 6) is 0.751. The van der Waals surface area contributed by atoms with E-state index in [0.29, 0.717) is 12.2 Å². The molecular formula is C12H17N7O. The Balaban J connectivity index is 0.00000147. The Labute approximate surface area is 115 Å². The van der Waals surface area contributed by atoms with Crippen LogP contribution in [0.25, 0.3) is 22.6 Å². The van der Waals surface area contributed by atoms with Gasteiger partial charge in [0.25, 0.3) is 0 Å². The van der Waals surface area contributed by atoms with Gasteiger partial charge in [-0.1, -0.05) is 5.16 Å². The van der Waals surface area contributed by atoms with Crippen molar-refractivity contribution in [3.05, 3.63) is 24.7 Å². The number of aromatic nitrogens is 5. The van der Waals surface area contributed by atoms with Crippen molar-refractivity contribution in [1.29, 1.82) is 0 Å². The van der Waals surface area contributed by atoms with Crippen LogP contribution in [0.1, 0.15) is 12.8 Å². The average molecular weight is 275 g/mol. The van der Waals surface area contributed by atoms with Gasteiger partial charge in [0.2, 0.25) is 0 Å². The summed E-state index contributed by atoms with van der Waals surface area (Å²) in [4.78, 5) is 8.63. The highest BCUT2D eigenvalue weighted by atomic mass is 16.6. The van der Waals surface area contributed by atoms with Gasteiger partial charge >= 0.3 is 0 Å². The molecule has 0 unspecified atom stereocenters. The van der Waals surface area contributed by atoms with Gasteiger partial charge in [-0.25, -0.2) is 9.61 Å².